The van der Waals surface area contributed by atoms with Crippen molar-refractivity contribution in [2.75, 3.05) is 5.32 Å². The van der Waals surface area contributed by atoms with Crippen molar-refractivity contribution in [2.24, 2.45) is 7.05 Å². The lowest BCUT2D eigenvalue weighted by Crippen LogP contribution is -2.13. The summed E-state index contributed by atoms with van der Waals surface area (Å²) >= 11 is 3.09. The number of nitrogens with zero attached hydrogens (tertiary/aromatic N) is 6. The molecule has 0 saturated carbocycles. The van der Waals surface area contributed by atoms with Crippen LogP contribution in [0.2, 0.25) is 0 Å². The largest absolute Gasteiger partial charge is 0.329 e. The molecule has 174 valence electrons. The first-order valence-electron chi connectivity index (χ1n) is 10.8. The van der Waals surface area contributed by atoms with Crippen molar-refractivity contribution in [3.63, 3.8) is 0 Å². The Morgan fingerprint density at radius 2 is 1.74 bits per heavy atom. The van der Waals surface area contributed by atoms with Crippen molar-refractivity contribution in [1.29, 1.82) is 0 Å². The summed E-state index contributed by atoms with van der Waals surface area (Å²) in [5.74, 6) is 1.06. The zero-order valence-corrected chi connectivity index (χ0v) is 20.4. The summed E-state index contributed by atoms with van der Waals surface area (Å²) in [6, 6.07) is 25.0. The van der Waals surface area contributed by atoms with Crippen LogP contribution in [0.1, 0.15) is 16.2 Å². The highest BCUT2D eigenvalue weighted by Gasteiger charge is 2.15. The number of amides is 1. The third kappa shape index (κ3) is 5.44. The molecule has 1 amide bonds. The number of aryl methyl sites for hydroxylation is 1. The van der Waals surface area contributed by atoms with Crippen LogP contribution < -0.4 is 5.32 Å². The minimum atomic E-state index is -0.166. The average Bonchev–Trinajstić information content (AvgIpc) is 3.53. The second kappa shape index (κ2) is 10.6. The first-order valence-corrected chi connectivity index (χ1v) is 12.6. The van der Waals surface area contributed by atoms with Gasteiger partial charge >= 0.3 is 0 Å². The number of hydrogen-bond acceptors (Lipinski definition) is 7. The summed E-state index contributed by atoms with van der Waals surface area (Å²) in [5.41, 5.74) is 2.22. The monoisotopic (exact) mass is 499 g/mol. The van der Waals surface area contributed by atoms with E-state index < -0.39 is 0 Å². The molecular formula is C25H21N7OS2. The number of nitrogens with one attached hydrogen (secondary N) is 1. The van der Waals surface area contributed by atoms with Gasteiger partial charge in [-0.1, -0.05) is 42.1 Å². The van der Waals surface area contributed by atoms with E-state index in [2.05, 4.69) is 25.8 Å². The van der Waals surface area contributed by atoms with Crippen LogP contribution in [0.15, 0.2) is 106 Å². The van der Waals surface area contributed by atoms with Gasteiger partial charge in [-0.15, -0.1) is 16.9 Å². The Balaban J connectivity index is 1.26. The predicted molar refractivity (Wildman–Crippen MR) is 137 cm³/mol. The average molecular weight is 500 g/mol. The predicted octanol–water partition coefficient (Wildman–Crippen LogP) is 5.09. The van der Waals surface area contributed by atoms with Crippen molar-refractivity contribution < 1.29 is 4.79 Å². The highest BCUT2D eigenvalue weighted by Crippen LogP contribution is 2.29. The smallest absolute Gasteiger partial charge is 0.256 e. The standard InChI is InChI=1S/C25H21N7OS2/c1-31-16-15-26-25(31)35-20-13-11-18(12-14-20)27-24(33)21-9-5-6-10-22(21)34-17-23-28-29-30-32(23)19-7-3-2-4-8-19/h2-16H,17H2,1H3,(H,27,33). The SMILES string of the molecule is Cn1ccnc1Sc1ccc(NC(=O)c2ccccc2SCc2nnnn2-c2ccccc2)cc1. The second-order valence-corrected chi connectivity index (χ2v) is 9.59. The number of hydrogen-bond donors (Lipinski definition) is 1. The molecule has 0 atom stereocenters. The zero-order chi connectivity index (χ0) is 24.0. The molecule has 35 heavy (non-hydrogen) atoms. The minimum absolute atomic E-state index is 0.166. The van der Waals surface area contributed by atoms with Crippen molar-refractivity contribution >= 4 is 35.1 Å². The minimum Gasteiger partial charge on any atom is -0.329 e. The van der Waals surface area contributed by atoms with E-state index in [1.165, 1.54) is 11.8 Å². The molecule has 0 radical (unpaired) electrons. The van der Waals surface area contributed by atoms with Crippen LogP contribution in [0.25, 0.3) is 5.69 Å². The summed E-state index contributed by atoms with van der Waals surface area (Å²) in [5, 5.41) is 16.0. The number of rotatable bonds is 8. The summed E-state index contributed by atoms with van der Waals surface area (Å²) in [7, 11) is 1.96. The van der Waals surface area contributed by atoms with Gasteiger partial charge in [-0.05, 0) is 59.0 Å². The van der Waals surface area contributed by atoms with Crippen LogP contribution in [0.4, 0.5) is 5.69 Å². The highest BCUT2D eigenvalue weighted by atomic mass is 32.2. The van der Waals surface area contributed by atoms with Gasteiger partial charge in [0.2, 0.25) is 0 Å². The molecule has 5 aromatic rings. The van der Waals surface area contributed by atoms with Gasteiger partial charge in [-0.2, -0.15) is 4.68 Å². The number of tetrazole rings is 1. The quantitative estimate of drug-likeness (QED) is 0.297. The van der Waals surface area contributed by atoms with E-state index in [4.69, 9.17) is 0 Å². The van der Waals surface area contributed by atoms with Crippen molar-refractivity contribution in [3.05, 3.63) is 103 Å². The Morgan fingerprint density at radius 1 is 0.971 bits per heavy atom. The molecular weight excluding hydrogens is 478 g/mol. The number of para-hydroxylation sites is 1. The van der Waals surface area contributed by atoms with Gasteiger partial charge in [0.05, 0.1) is 17.0 Å². The third-order valence-electron chi connectivity index (χ3n) is 5.12. The lowest BCUT2D eigenvalue weighted by Gasteiger charge is -2.11. The normalized spacial score (nSPS) is 10.9. The van der Waals surface area contributed by atoms with Gasteiger partial charge < -0.3 is 9.88 Å². The molecule has 3 aromatic carbocycles. The molecule has 1 N–H and O–H groups in total. The van der Waals surface area contributed by atoms with Gasteiger partial charge in [-0.25, -0.2) is 4.98 Å². The fourth-order valence-corrected chi connectivity index (χ4v) is 5.11. The van der Waals surface area contributed by atoms with Gasteiger partial charge in [-0.3, -0.25) is 4.79 Å². The van der Waals surface area contributed by atoms with E-state index in [0.717, 1.165) is 26.3 Å². The Kier molecular flexibility index (Phi) is 6.92. The summed E-state index contributed by atoms with van der Waals surface area (Å²) in [6.45, 7) is 0. The molecule has 0 spiro atoms. The molecule has 2 heterocycles. The van der Waals surface area contributed by atoms with Crippen molar-refractivity contribution in [3.8, 4) is 5.69 Å². The number of anilines is 1. The van der Waals surface area contributed by atoms with Crippen LogP contribution >= 0.6 is 23.5 Å². The lowest BCUT2D eigenvalue weighted by molar-refractivity contribution is 0.102. The molecule has 0 aliphatic carbocycles. The van der Waals surface area contributed by atoms with E-state index in [1.54, 1.807) is 22.6 Å². The molecule has 8 nitrogen and oxygen atoms in total. The van der Waals surface area contributed by atoms with Gasteiger partial charge in [0.25, 0.3) is 5.91 Å². The van der Waals surface area contributed by atoms with Crippen LogP contribution in [0.3, 0.4) is 0 Å². The Morgan fingerprint density at radius 3 is 2.51 bits per heavy atom. The Hall–Kier alpha value is -3.89. The maximum absolute atomic E-state index is 13.1. The van der Waals surface area contributed by atoms with E-state index in [1.807, 2.05) is 96.7 Å². The van der Waals surface area contributed by atoms with E-state index in [9.17, 15) is 4.79 Å². The van der Waals surface area contributed by atoms with Crippen molar-refractivity contribution in [1.82, 2.24) is 29.8 Å². The number of carbonyl (C=O) groups excluding carboxylic acids is 1. The number of carbonyl (C=O) groups is 1. The topological polar surface area (TPSA) is 90.5 Å². The summed E-state index contributed by atoms with van der Waals surface area (Å²) in [6.07, 6.45) is 3.68. The molecule has 0 aliphatic rings. The fourth-order valence-electron chi connectivity index (χ4n) is 3.35. The van der Waals surface area contributed by atoms with Crippen LogP contribution in [0.5, 0.6) is 0 Å². The molecule has 0 bridgehead atoms. The first kappa shape index (κ1) is 22.9. The molecule has 10 heteroatoms. The molecule has 0 unspecified atom stereocenters. The molecule has 0 saturated heterocycles. The summed E-state index contributed by atoms with van der Waals surface area (Å²) < 4.78 is 3.67. The maximum atomic E-state index is 13.1. The number of aromatic nitrogens is 6. The first-order chi connectivity index (χ1) is 17.2. The van der Waals surface area contributed by atoms with Gasteiger partial charge in [0.15, 0.2) is 11.0 Å². The van der Waals surface area contributed by atoms with Gasteiger partial charge in [0.1, 0.15) is 0 Å². The third-order valence-corrected chi connectivity index (χ3v) is 7.27. The second-order valence-electron chi connectivity index (χ2n) is 7.53. The Bertz CT molecular complexity index is 1430. The lowest BCUT2D eigenvalue weighted by atomic mass is 10.2. The van der Waals surface area contributed by atoms with Crippen LogP contribution in [0, 0.1) is 0 Å². The van der Waals surface area contributed by atoms with E-state index in [-0.39, 0.29) is 5.91 Å². The Labute approximate surface area is 210 Å². The van der Waals surface area contributed by atoms with Crippen LogP contribution in [-0.4, -0.2) is 35.7 Å². The summed E-state index contributed by atoms with van der Waals surface area (Å²) in [4.78, 5) is 19.3. The molecule has 5 rings (SSSR count). The van der Waals surface area contributed by atoms with E-state index >= 15 is 0 Å². The molecule has 0 fully saturated rings. The number of imidazole rings is 1. The van der Waals surface area contributed by atoms with Crippen molar-refractivity contribution in [2.45, 2.75) is 20.7 Å². The maximum Gasteiger partial charge on any atom is 0.256 e. The highest BCUT2D eigenvalue weighted by molar-refractivity contribution is 7.99. The number of thioether (sulfide) groups is 1. The molecule has 2 aromatic heterocycles. The number of benzene rings is 3. The van der Waals surface area contributed by atoms with Gasteiger partial charge in [0, 0.05) is 34.9 Å². The van der Waals surface area contributed by atoms with Crippen LogP contribution in [-0.2, 0) is 12.8 Å². The zero-order valence-electron chi connectivity index (χ0n) is 18.8. The van der Waals surface area contributed by atoms with E-state index in [0.29, 0.717) is 17.1 Å². The molecule has 0 aliphatic heterocycles. The fraction of sp³-hybridized carbons (Fsp3) is 0.0800.